The number of fused-ring (bicyclic) bond motifs is 1. The molecule has 2 aromatic rings. The Kier molecular flexibility index (Phi) is 3.17. The summed E-state index contributed by atoms with van der Waals surface area (Å²) in [5.74, 6) is 0.209. The zero-order chi connectivity index (χ0) is 12.4. The molecule has 0 spiro atoms. The molecule has 18 heavy (non-hydrogen) atoms. The molecule has 0 saturated carbocycles. The van der Waals surface area contributed by atoms with Gasteiger partial charge in [0.05, 0.1) is 6.54 Å². The second kappa shape index (κ2) is 4.96. The summed E-state index contributed by atoms with van der Waals surface area (Å²) in [4.78, 5) is 13.1. The number of nitrogens with zero attached hydrogens (tertiary/aromatic N) is 1. The van der Waals surface area contributed by atoms with Crippen LogP contribution in [-0.2, 0) is 6.54 Å². The van der Waals surface area contributed by atoms with E-state index in [1.165, 1.54) is 5.56 Å². The first-order valence-electron chi connectivity index (χ1n) is 5.92. The molecular formula is C15H13NOS. The Hall–Kier alpha value is -1.58. The first kappa shape index (κ1) is 11.5. The number of hydrogen-bond donors (Lipinski definition) is 0. The van der Waals surface area contributed by atoms with Gasteiger partial charge in [0.1, 0.15) is 0 Å². The predicted molar refractivity (Wildman–Crippen MR) is 73.5 cm³/mol. The minimum atomic E-state index is 0.209. The van der Waals surface area contributed by atoms with Crippen LogP contribution in [0.4, 0.5) is 0 Å². The third-order valence-electron chi connectivity index (χ3n) is 2.94. The number of carbonyl (C=O) groups excluding carboxylic acids is 1. The van der Waals surface area contributed by atoms with Gasteiger partial charge in [-0.05, 0) is 23.6 Å². The van der Waals surface area contributed by atoms with Crippen molar-refractivity contribution in [1.82, 2.24) is 4.31 Å². The Morgan fingerprint density at radius 1 is 1.00 bits per heavy atom. The van der Waals surface area contributed by atoms with Gasteiger partial charge < -0.3 is 0 Å². The normalized spacial score (nSPS) is 15.4. The molecule has 1 aliphatic heterocycles. The fourth-order valence-electron chi connectivity index (χ4n) is 2.07. The van der Waals surface area contributed by atoms with Crippen LogP contribution in [0.5, 0.6) is 0 Å². The summed E-state index contributed by atoms with van der Waals surface area (Å²) in [5.41, 5.74) is 2.09. The largest absolute Gasteiger partial charge is 0.293 e. The molecule has 2 aromatic carbocycles. The highest BCUT2D eigenvalue weighted by molar-refractivity contribution is 7.97. The standard InChI is InChI=1S/C15H13NOS/c17-14-11-16(10-12-6-2-1-3-7-12)18-15-9-5-4-8-13(14)15/h1-9H,10-11H2. The van der Waals surface area contributed by atoms with Gasteiger partial charge in [-0.2, -0.15) is 0 Å². The molecule has 1 aliphatic rings. The lowest BCUT2D eigenvalue weighted by molar-refractivity contribution is 0.0961. The van der Waals surface area contributed by atoms with Gasteiger partial charge in [-0.25, -0.2) is 4.31 Å². The van der Waals surface area contributed by atoms with Gasteiger partial charge in [-0.15, -0.1) is 0 Å². The molecule has 0 N–H and O–H groups in total. The lowest BCUT2D eigenvalue weighted by Gasteiger charge is -2.26. The van der Waals surface area contributed by atoms with Crippen molar-refractivity contribution in [3.05, 3.63) is 65.7 Å². The lowest BCUT2D eigenvalue weighted by atomic mass is 10.1. The number of benzene rings is 2. The van der Waals surface area contributed by atoms with Crippen molar-refractivity contribution in [3.8, 4) is 0 Å². The average molecular weight is 255 g/mol. The van der Waals surface area contributed by atoms with Crippen LogP contribution in [0.25, 0.3) is 0 Å². The molecule has 0 bridgehead atoms. The Morgan fingerprint density at radius 3 is 2.56 bits per heavy atom. The van der Waals surface area contributed by atoms with E-state index in [9.17, 15) is 4.79 Å². The molecule has 3 rings (SSSR count). The predicted octanol–water partition coefficient (Wildman–Crippen LogP) is 3.39. The van der Waals surface area contributed by atoms with E-state index < -0.39 is 0 Å². The monoisotopic (exact) mass is 255 g/mol. The van der Waals surface area contributed by atoms with E-state index in [0.717, 1.165) is 17.0 Å². The van der Waals surface area contributed by atoms with Gasteiger partial charge >= 0.3 is 0 Å². The molecular weight excluding hydrogens is 242 g/mol. The van der Waals surface area contributed by atoms with Gasteiger partial charge in [0, 0.05) is 17.0 Å². The lowest BCUT2D eigenvalue weighted by Crippen LogP contribution is -2.28. The number of rotatable bonds is 2. The van der Waals surface area contributed by atoms with Crippen LogP contribution in [-0.4, -0.2) is 16.6 Å². The van der Waals surface area contributed by atoms with Gasteiger partial charge in [0.2, 0.25) is 0 Å². The van der Waals surface area contributed by atoms with Gasteiger partial charge in [0.25, 0.3) is 0 Å². The first-order chi connectivity index (χ1) is 8.83. The maximum Gasteiger partial charge on any atom is 0.178 e. The molecule has 0 saturated heterocycles. The van der Waals surface area contributed by atoms with Crippen LogP contribution < -0.4 is 0 Å². The van der Waals surface area contributed by atoms with E-state index in [4.69, 9.17) is 0 Å². The molecule has 0 aromatic heterocycles. The van der Waals surface area contributed by atoms with E-state index in [1.54, 1.807) is 11.9 Å². The Balaban J connectivity index is 1.80. The maximum absolute atomic E-state index is 12.0. The molecule has 90 valence electrons. The van der Waals surface area contributed by atoms with E-state index in [2.05, 4.69) is 16.4 Å². The van der Waals surface area contributed by atoms with E-state index >= 15 is 0 Å². The molecule has 3 heteroatoms. The third kappa shape index (κ3) is 2.33. The van der Waals surface area contributed by atoms with Crippen LogP contribution in [0.3, 0.4) is 0 Å². The minimum absolute atomic E-state index is 0.209. The van der Waals surface area contributed by atoms with Crippen molar-refractivity contribution in [2.45, 2.75) is 11.4 Å². The fraction of sp³-hybridized carbons (Fsp3) is 0.133. The van der Waals surface area contributed by atoms with Crippen LogP contribution in [0, 0.1) is 0 Å². The maximum atomic E-state index is 12.0. The number of Topliss-reactive ketones (excluding diaryl/α,β-unsaturated/α-hetero) is 1. The average Bonchev–Trinajstić information content (AvgIpc) is 2.40. The van der Waals surface area contributed by atoms with Crippen molar-refractivity contribution in [2.75, 3.05) is 6.54 Å². The Bertz CT molecular complexity index is 568. The minimum Gasteiger partial charge on any atom is -0.293 e. The number of carbonyl (C=O) groups is 1. The van der Waals surface area contributed by atoms with Gasteiger partial charge in [0.15, 0.2) is 5.78 Å². The second-order valence-corrected chi connectivity index (χ2v) is 5.43. The van der Waals surface area contributed by atoms with Crippen molar-refractivity contribution in [1.29, 1.82) is 0 Å². The Morgan fingerprint density at radius 2 is 1.72 bits per heavy atom. The molecule has 0 aliphatic carbocycles. The van der Waals surface area contributed by atoms with Crippen LogP contribution in [0.2, 0.25) is 0 Å². The molecule has 0 unspecified atom stereocenters. The van der Waals surface area contributed by atoms with E-state index in [-0.39, 0.29) is 5.78 Å². The summed E-state index contributed by atoms with van der Waals surface area (Å²) in [6, 6.07) is 18.1. The molecule has 0 amide bonds. The highest BCUT2D eigenvalue weighted by atomic mass is 32.2. The molecule has 1 heterocycles. The highest BCUT2D eigenvalue weighted by Gasteiger charge is 2.23. The summed E-state index contributed by atoms with van der Waals surface area (Å²) in [6.45, 7) is 1.28. The molecule has 0 fully saturated rings. The number of hydrogen-bond acceptors (Lipinski definition) is 3. The van der Waals surface area contributed by atoms with Gasteiger partial charge in [-0.3, -0.25) is 4.79 Å². The third-order valence-corrected chi connectivity index (χ3v) is 4.01. The summed E-state index contributed by atoms with van der Waals surface area (Å²) >= 11 is 1.67. The van der Waals surface area contributed by atoms with E-state index in [0.29, 0.717) is 6.54 Å². The quantitative estimate of drug-likeness (QED) is 0.767. The molecule has 2 nitrogen and oxygen atoms in total. The molecule has 0 atom stereocenters. The molecule has 0 radical (unpaired) electrons. The van der Waals surface area contributed by atoms with Crippen molar-refractivity contribution in [2.24, 2.45) is 0 Å². The smallest absolute Gasteiger partial charge is 0.178 e. The fourth-order valence-corrected chi connectivity index (χ4v) is 3.16. The summed E-state index contributed by atoms with van der Waals surface area (Å²) in [6.07, 6.45) is 0. The number of ketones is 1. The van der Waals surface area contributed by atoms with E-state index in [1.807, 2.05) is 42.5 Å². The Labute approximate surface area is 111 Å². The van der Waals surface area contributed by atoms with Crippen molar-refractivity contribution in [3.63, 3.8) is 0 Å². The summed E-state index contributed by atoms with van der Waals surface area (Å²) in [5, 5.41) is 0. The van der Waals surface area contributed by atoms with Crippen molar-refractivity contribution >= 4 is 17.7 Å². The van der Waals surface area contributed by atoms with Gasteiger partial charge in [-0.1, -0.05) is 48.5 Å². The summed E-state index contributed by atoms with van der Waals surface area (Å²) < 4.78 is 2.11. The SMILES string of the molecule is O=C1CN(Cc2ccccc2)Sc2ccccc21. The zero-order valence-electron chi connectivity index (χ0n) is 9.87. The van der Waals surface area contributed by atoms with Crippen molar-refractivity contribution < 1.29 is 4.79 Å². The first-order valence-corrected chi connectivity index (χ1v) is 6.69. The van der Waals surface area contributed by atoms with Crippen LogP contribution in [0.15, 0.2) is 59.5 Å². The topological polar surface area (TPSA) is 20.3 Å². The second-order valence-electron chi connectivity index (χ2n) is 4.29. The highest BCUT2D eigenvalue weighted by Crippen LogP contribution is 2.32. The summed E-state index contributed by atoms with van der Waals surface area (Å²) in [7, 11) is 0. The van der Waals surface area contributed by atoms with Crippen LogP contribution >= 0.6 is 11.9 Å². The zero-order valence-corrected chi connectivity index (χ0v) is 10.7. The van der Waals surface area contributed by atoms with Crippen LogP contribution in [0.1, 0.15) is 15.9 Å².